The zero-order valence-corrected chi connectivity index (χ0v) is 22.7. The molecule has 3 aromatic carbocycles. The molecule has 4 rings (SSSR count). The van der Waals surface area contributed by atoms with Crippen LogP contribution in [0.25, 0.3) is 11.5 Å². The van der Waals surface area contributed by atoms with Crippen molar-refractivity contribution in [2.45, 2.75) is 32.7 Å². The highest BCUT2D eigenvalue weighted by molar-refractivity contribution is 5.97. The number of methoxy groups -OCH3 is 2. The lowest BCUT2D eigenvalue weighted by atomic mass is 10.0. The number of aromatic nitrogens is 1. The number of hydrogen-bond donors (Lipinski definition) is 2. The molecule has 0 aliphatic rings. The van der Waals surface area contributed by atoms with E-state index in [-0.39, 0.29) is 18.9 Å². The van der Waals surface area contributed by atoms with E-state index in [4.69, 9.17) is 18.6 Å². The van der Waals surface area contributed by atoms with Crippen LogP contribution >= 0.6 is 0 Å². The van der Waals surface area contributed by atoms with Crippen molar-refractivity contribution >= 4 is 11.9 Å². The molecule has 40 heavy (non-hydrogen) atoms. The van der Waals surface area contributed by atoms with Gasteiger partial charge in [-0.15, -0.1) is 0 Å². The minimum Gasteiger partial charge on any atom is -0.497 e. The number of ether oxygens (including phenoxy) is 3. The molecule has 0 radical (unpaired) electrons. The third-order valence-corrected chi connectivity index (χ3v) is 6.40. The van der Waals surface area contributed by atoms with E-state index >= 15 is 0 Å². The quantitative estimate of drug-likeness (QED) is 0.235. The van der Waals surface area contributed by atoms with Crippen LogP contribution in [0.4, 0.5) is 0 Å². The summed E-state index contributed by atoms with van der Waals surface area (Å²) in [6, 6.07) is 20.2. The first-order valence-electron chi connectivity index (χ1n) is 12.9. The predicted molar refractivity (Wildman–Crippen MR) is 149 cm³/mol. The van der Waals surface area contributed by atoms with Crippen LogP contribution in [0.5, 0.6) is 17.2 Å². The Labute approximate surface area is 232 Å². The molecule has 0 spiro atoms. The molecule has 4 aromatic rings. The van der Waals surface area contributed by atoms with Crippen LogP contribution in [-0.4, -0.2) is 42.8 Å². The van der Waals surface area contributed by atoms with Crippen molar-refractivity contribution < 1.29 is 33.3 Å². The number of hydrogen-bond acceptors (Lipinski definition) is 7. The van der Waals surface area contributed by atoms with Gasteiger partial charge in [-0.1, -0.05) is 24.3 Å². The van der Waals surface area contributed by atoms with Gasteiger partial charge in [0.05, 0.1) is 32.1 Å². The molecule has 0 aliphatic carbocycles. The highest BCUT2D eigenvalue weighted by Gasteiger charge is 2.16. The summed E-state index contributed by atoms with van der Waals surface area (Å²) in [7, 11) is 3.02. The number of carboxylic acids is 1. The van der Waals surface area contributed by atoms with Crippen molar-refractivity contribution in [3.05, 3.63) is 94.9 Å². The lowest BCUT2D eigenvalue weighted by Crippen LogP contribution is -2.24. The van der Waals surface area contributed by atoms with Gasteiger partial charge in [-0.2, -0.15) is 0 Å². The molecule has 0 saturated heterocycles. The third kappa shape index (κ3) is 7.19. The zero-order valence-electron chi connectivity index (χ0n) is 22.7. The Balaban J connectivity index is 1.45. The smallest absolute Gasteiger partial charge is 0.303 e. The Morgan fingerprint density at radius 3 is 2.42 bits per heavy atom. The van der Waals surface area contributed by atoms with Crippen molar-refractivity contribution in [2.75, 3.05) is 20.8 Å². The number of carbonyl (C=O) groups excluding carboxylic acids is 1. The van der Waals surface area contributed by atoms with Gasteiger partial charge < -0.3 is 29.1 Å². The van der Waals surface area contributed by atoms with Gasteiger partial charge in [-0.05, 0) is 66.9 Å². The fraction of sp³-hybridized carbons (Fsp3) is 0.258. The molecule has 0 aliphatic heterocycles. The van der Waals surface area contributed by atoms with E-state index in [1.165, 1.54) is 14.2 Å². The van der Waals surface area contributed by atoms with Gasteiger partial charge in [-0.25, -0.2) is 4.98 Å². The SMILES string of the molecule is COc1ccc(OC)c(C(=O)NCc2cc(OCCc3nc(-c4ccccc4)oc3C)ccc2CCC(=O)O)c1. The average molecular weight is 545 g/mol. The highest BCUT2D eigenvalue weighted by Crippen LogP contribution is 2.25. The highest BCUT2D eigenvalue weighted by atomic mass is 16.5. The van der Waals surface area contributed by atoms with E-state index in [1.807, 2.05) is 49.4 Å². The van der Waals surface area contributed by atoms with Gasteiger partial charge in [0.25, 0.3) is 5.91 Å². The van der Waals surface area contributed by atoms with Crippen LogP contribution in [0.1, 0.15) is 39.4 Å². The van der Waals surface area contributed by atoms with Crippen LogP contribution in [0.15, 0.2) is 71.1 Å². The van der Waals surface area contributed by atoms with Gasteiger partial charge in [0.15, 0.2) is 0 Å². The van der Waals surface area contributed by atoms with Crippen molar-refractivity contribution in [3.63, 3.8) is 0 Å². The molecule has 1 aromatic heterocycles. The number of carbonyl (C=O) groups is 2. The fourth-order valence-corrected chi connectivity index (χ4v) is 4.23. The van der Waals surface area contributed by atoms with Crippen LogP contribution in [-0.2, 0) is 24.2 Å². The normalized spacial score (nSPS) is 10.7. The molecular formula is C31H32N2O7. The van der Waals surface area contributed by atoms with Crippen molar-refractivity contribution in [3.8, 4) is 28.7 Å². The fourth-order valence-electron chi connectivity index (χ4n) is 4.23. The molecule has 0 bridgehead atoms. The number of rotatable bonds is 13. The number of aryl methyl sites for hydroxylation is 2. The second-order valence-corrected chi connectivity index (χ2v) is 9.06. The molecule has 9 heteroatoms. The molecule has 2 N–H and O–H groups in total. The van der Waals surface area contributed by atoms with E-state index in [2.05, 4.69) is 10.3 Å². The minimum atomic E-state index is -0.894. The van der Waals surface area contributed by atoms with Gasteiger partial charge in [0.2, 0.25) is 5.89 Å². The van der Waals surface area contributed by atoms with Gasteiger partial charge in [0.1, 0.15) is 23.0 Å². The molecule has 1 heterocycles. The Kier molecular flexibility index (Phi) is 9.40. The molecule has 0 unspecified atom stereocenters. The summed E-state index contributed by atoms with van der Waals surface area (Å²) in [5.74, 6) is 1.62. The molecule has 0 fully saturated rings. The zero-order chi connectivity index (χ0) is 28.5. The van der Waals surface area contributed by atoms with E-state index < -0.39 is 5.97 Å². The number of aliphatic carboxylic acids is 1. The maximum atomic E-state index is 13.0. The molecule has 0 saturated carbocycles. The number of carboxylic acid groups (broad SMARTS) is 1. The molecular weight excluding hydrogens is 512 g/mol. The Bertz CT molecular complexity index is 1460. The standard InChI is InChI=1S/C31H32N2O7/c1-20-27(33-31(40-20)22-7-5-4-6-8-22)15-16-39-25-11-9-21(10-14-29(34)35)23(17-25)19-32-30(36)26-18-24(37-2)12-13-28(26)38-3/h4-9,11-13,17-18H,10,14-16,19H2,1-3H3,(H,32,36)(H,34,35). The maximum absolute atomic E-state index is 13.0. The maximum Gasteiger partial charge on any atom is 0.303 e. The van der Waals surface area contributed by atoms with Gasteiger partial charge in [0, 0.05) is 24.9 Å². The van der Waals surface area contributed by atoms with E-state index in [0.29, 0.717) is 48.2 Å². The van der Waals surface area contributed by atoms with Crippen LogP contribution in [0, 0.1) is 6.92 Å². The summed E-state index contributed by atoms with van der Waals surface area (Å²) < 4.78 is 22.4. The number of nitrogens with one attached hydrogen (secondary N) is 1. The van der Waals surface area contributed by atoms with E-state index in [1.54, 1.807) is 24.3 Å². The van der Waals surface area contributed by atoms with E-state index in [9.17, 15) is 14.7 Å². The molecule has 208 valence electrons. The Morgan fingerprint density at radius 1 is 0.925 bits per heavy atom. The van der Waals surface area contributed by atoms with Crippen LogP contribution in [0.3, 0.4) is 0 Å². The van der Waals surface area contributed by atoms with E-state index in [0.717, 1.165) is 28.1 Å². The summed E-state index contributed by atoms with van der Waals surface area (Å²) in [5, 5.41) is 12.1. The number of amides is 1. The summed E-state index contributed by atoms with van der Waals surface area (Å²) in [6.45, 7) is 2.42. The Morgan fingerprint density at radius 2 is 1.70 bits per heavy atom. The summed E-state index contributed by atoms with van der Waals surface area (Å²) in [4.78, 5) is 28.8. The topological polar surface area (TPSA) is 120 Å². The van der Waals surface area contributed by atoms with Crippen LogP contribution < -0.4 is 19.5 Å². The molecule has 0 atom stereocenters. The third-order valence-electron chi connectivity index (χ3n) is 6.40. The second kappa shape index (κ2) is 13.3. The monoisotopic (exact) mass is 544 g/mol. The number of oxazole rings is 1. The largest absolute Gasteiger partial charge is 0.497 e. The van der Waals surface area contributed by atoms with Crippen molar-refractivity contribution in [1.82, 2.24) is 10.3 Å². The summed E-state index contributed by atoms with van der Waals surface area (Å²) in [6.07, 6.45) is 0.842. The lowest BCUT2D eigenvalue weighted by molar-refractivity contribution is -0.136. The van der Waals surface area contributed by atoms with Gasteiger partial charge >= 0.3 is 5.97 Å². The summed E-state index contributed by atoms with van der Waals surface area (Å²) in [5.41, 5.74) is 3.63. The van der Waals surface area contributed by atoms with Crippen LogP contribution in [0.2, 0.25) is 0 Å². The van der Waals surface area contributed by atoms with Crippen molar-refractivity contribution in [2.24, 2.45) is 0 Å². The minimum absolute atomic E-state index is 0.0277. The number of nitrogens with zero attached hydrogens (tertiary/aromatic N) is 1. The van der Waals surface area contributed by atoms with Gasteiger partial charge in [-0.3, -0.25) is 9.59 Å². The number of benzene rings is 3. The van der Waals surface area contributed by atoms with Crippen molar-refractivity contribution in [1.29, 1.82) is 0 Å². The molecule has 1 amide bonds. The average Bonchev–Trinajstić information content (AvgIpc) is 3.35. The first-order chi connectivity index (χ1) is 19.4. The summed E-state index contributed by atoms with van der Waals surface area (Å²) >= 11 is 0. The first kappa shape index (κ1) is 28.2. The Hall–Kier alpha value is -4.79. The second-order valence-electron chi connectivity index (χ2n) is 9.06. The first-order valence-corrected chi connectivity index (χ1v) is 12.9. The predicted octanol–water partition coefficient (Wildman–Crippen LogP) is 5.24. The lowest BCUT2D eigenvalue weighted by Gasteiger charge is -2.15. The molecule has 9 nitrogen and oxygen atoms in total.